The summed E-state index contributed by atoms with van der Waals surface area (Å²) >= 11 is 0. The average Bonchev–Trinajstić information content (AvgIpc) is 2.64. The zero-order valence-corrected chi connectivity index (χ0v) is 8.64. The highest BCUT2D eigenvalue weighted by Gasteiger charge is 2.11. The van der Waals surface area contributed by atoms with Crippen LogP contribution in [0.15, 0.2) is 34.9 Å². The molecule has 16 heavy (non-hydrogen) atoms. The molecule has 2 aromatic rings. The number of nitrogens with zero attached hydrogens (tertiary/aromatic N) is 1. The van der Waals surface area contributed by atoms with Gasteiger partial charge in [0.1, 0.15) is 12.0 Å². The van der Waals surface area contributed by atoms with Crippen molar-refractivity contribution in [2.24, 2.45) is 5.73 Å². The van der Waals surface area contributed by atoms with Crippen molar-refractivity contribution in [1.82, 2.24) is 4.98 Å². The molecule has 0 aliphatic heterocycles. The van der Waals surface area contributed by atoms with Crippen LogP contribution in [0, 0.1) is 6.92 Å². The van der Waals surface area contributed by atoms with E-state index in [9.17, 15) is 4.79 Å². The highest BCUT2D eigenvalue weighted by molar-refractivity contribution is 5.95. The van der Waals surface area contributed by atoms with E-state index >= 15 is 0 Å². The second-order valence-electron chi connectivity index (χ2n) is 3.22. The minimum Gasteiger partial charge on any atom is -0.417 e. The van der Waals surface area contributed by atoms with Crippen LogP contribution in [-0.2, 0) is 0 Å². The molecule has 0 radical (unpaired) electrons. The first-order valence-corrected chi connectivity index (χ1v) is 4.65. The van der Waals surface area contributed by atoms with Crippen LogP contribution in [0.1, 0.15) is 16.1 Å². The third-order valence-electron chi connectivity index (χ3n) is 1.95. The van der Waals surface area contributed by atoms with Crippen molar-refractivity contribution in [2.45, 2.75) is 6.92 Å². The minimum absolute atomic E-state index is 0.0891. The second-order valence-corrected chi connectivity index (χ2v) is 3.22. The van der Waals surface area contributed by atoms with Crippen molar-refractivity contribution in [3.63, 3.8) is 0 Å². The number of nitrogens with two attached hydrogens (primary N) is 1. The first-order valence-electron chi connectivity index (χ1n) is 4.65. The molecule has 1 aromatic heterocycles. The molecule has 0 atom stereocenters. The fourth-order valence-corrected chi connectivity index (χ4v) is 1.23. The van der Waals surface area contributed by atoms with Gasteiger partial charge >= 0.3 is 6.08 Å². The van der Waals surface area contributed by atoms with Crippen LogP contribution in [0.4, 0.5) is 0 Å². The van der Waals surface area contributed by atoms with Gasteiger partial charge in [-0.05, 0) is 19.1 Å². The van der Waals surface area contributed by atoms with Crippen molar-refractivity contribution < 1.29 is 13.9 Å². The summed E-state index contributed by atoms with van der Waals surface area (Å²) in [6.07, 6.45) is 1.55. The molecule has 1 heterocycles. The van der Waals surface area contributed by atoms with Crippen LogP contribution in [0.5, 0.6) is 11.8 Å². The summed E-state index contributed by atoms with van der Waals surface area (Å²) in [6.45, 7) is 1.77. The molecular formula is C11H10N2O3. The van der Waals surface area contributed by atoms with Gasteiger partial charge in [-0.1, -0.05) is 12.1 Å². The number of oxazole rings is 1. The van der Waals surface area contributed by atoms with E-state index in [2.05, 4.69) is 4.98 Å². The Morgan fingerprint density at radius 1 is 1.44 bits per heavy atom. The summed E-state index contributed by atoms with van der Waals surface area (Å²) < 4.78 is 10.3. The topological polar surface area (TPSA) is 78.4 Å². The van der Waals surface area contributed by atoms with Crippen LogP contribution in [-0.4, -0.2) is 10.9 Å². The number of hydrogen-bond donors (Lipinski definition) is 1. The Balaban J connectivity index is 2.31. The van der Waals surface area contributed by atoms with E-state index in [0.717, 1.165) is 0 Å². The fourth-order valence-electron chi connectivity index (χ4n) is 1.23. The van der Waals surface area contributed by atoms with Crippen LogP contribution >= 0.6 is 0 Å². The van der Waals surface area contributed by atoms with Crippen LogP contribution < -0.4 is 10.5 Å². The standard InChI is InChI=1S/C11H10N2O3/c1-7-6-15-11(13-7)16-9-5-3-2-4-8(9)10(12)14/h2-6H,1H3,(H2,12,14). The molecule has 1 aromatic carbocycles. The smallest absolute Gasteiger partial charge is 0.399 e. The predicted molar refractivity (Wildman–Crippen MR) is 56.3 cm³/mol. The first kappa shape index (κ1) is 10.2. The summed E-state index contributed by atoms with van der Waals surface area (Å²) in [4.78, 5) is 15.1. The van der Waals surface area contributed by atoms with Crippen LogP contribution in [0.25, 0.3) is 0 Å². The summed E-state index contributed by atoms with van der Waals surface area (Å²) in [5.41, 5.74) is 6.19. The normalized spacial score (nSPS) is 10.1. The Labute approximate surface area is 91.8 Å². The number of hydrogen-bond acceptors (Lipinski definition) is 4. The molecule has 0 bridgehead atoms. The van der Waals surface area contributed by atoms with Crippen molar-refractivity contribution >= 4 is 5.91 Å². The number of rotatable bonds is 3. The summed E-state index contributed by atoms with van der Waals surface area (Å²) in [7, 11) is 0. The maximum absolute atomic E-state index is 11.1. The molecule has 0 unspecified atom stereocenters. The van der Waals surface area contributed by atoms with Crippen molar-refractivity contribution in [2.75, 3.05) is 0 Å². The predicted octanol–water partition coefficient (Wildman–Crippen LogP) is 1.87. The number of ether oxygens (including phenoxy) is 1. The van der Waals surface area contributed by atoms with Gasteiger partial charge in [-0.2, -0.15) is 4.98 Å². The summed E-state index contributed by atoms with van der Waals surface area (Å²) in [6, 6.07) is 6.64. The Kier molecular flexibility index (Phi) is 2.59. The molecule has 0 fully saturated rings. The number of primary amides is 1. The summed E-state index contributed by atoms with van der Waals surface area (Å²) in [5, 5.41) is 0. The number of amides is 1. The van der Waals surface area contributed by atoms with E-state index in [-0.39, 0.29) is 6.08 Å². The number of aryl methyl sites for hydroxylation is 1. The molecule has 0 saturated heterocycles. The fraction of sp³-hybridized carbons (Fsp3) is 0.0909. The molecule has 2 N–H and O–H groups in total. The third-order valence-corrected chi connectivity index (χ3v) is 1.95. The maximum Gasteiger partial charge on any atom is 0.399 e. The Morgan fingerprint density at radius 3 is 2.81 bits per heavy atom. The van der Waals surface area contributed by atoms with Gasteiger partial charge in [-0.3, -0.25) is 4.79 Å². The number of para-hydroxylation sites is 1. The van der Waals surface area contributed by atoms with E-state index in [1.165, 1.54) is 6.26 Å². The van der Waals surface area contributed by atoms with E-state index in [1.54, 1.807) is 31.2 Å². The minimum atomic E-state index is -0.557. The number of benzene rings is 1. The van der Waals surface area contributed by atoms with Crippen LogP contribution in [0.2, 0.25) is 0 Å². The van der Waals surface area contributed by atoms with Gasteiger partial charge in [0.05, 0.1) is 11.3 Å². The molecular weight excluding hydrogens is 208 g/mol. The zero-order valence-electron chi connectivity index (χ0n) is 8.64. The van der Waals surface area contributed by atoms with Gasteiger partial charge in [-0.15, -0.1) is 0 Å². The van der Waals surface area contributed by atoms with Crippen LogP contribution in [0.3, 0.4) is 0 Å². The Hall–Kier alpha value is -2.30. The lowest BCUT2D eigenvalue weighted by atomic mass is 10.2. The SMILES string of the molecule is Cc1coc(Oc2ccccc2C(N)=O)n1. The summed E-state index contributed by atoms with van der Waals surface area (Å²) in [5.74, 6) is -0.226. The third kappa shape index (κ3) is 2.03. The lowest BCUT2D eigenvalue weighted by Gasteiger charge is -2.04. The first-order chi connectivity index (χ1) is 7.66. The molecule has 0 aliphatic rings. The van der Waals surface area contributed by atoms with Crippen molar-refractivity contribution in [3.05, 3.63) is 41.8 Å². The van der Waals surface area contributed by atoms with Crippen molar-refractivity contribution in [1.29, 1.82) is 0 Å². The number of aromatic nitrogens is 1. The number of carbonyl (C=O) groups is 1. The Morgan fingerprint density at radius 2 is 2.19 bits per heavy atom. The van der Waals surface area contributed by atoms with Crippen molar-refractivity contribution in [3.8, 4) is 11.8 Å². The Bertz CT molecular complexity index is 519. The number of carbonyl (C=O) groups excluding carboxylic acids is 1. The monoisotopic (exact) mass is 218 g/mol. The lowest BCUT2D eigenvalue weighted by molar-refractivity contribution is 0.0997. The highest BCUT2D eigenvalue weighted by atomic mass is 16.6. The lowest BCUT2D eigenvalue weighted by Crippen LogP contribution is -2.11. The van der Waals surface area contributed by atoms with Gasteiger partial charge in [0.2, 0.25) is 0 Å². The quantitative estimate of drug-likeness (QED) is 0.852. The van der Waals surface area contributed by atoms with Gasteiger partial charge in [0.15, 0.2) is 0 Å². The molecule has 5 heteroatoms. The second kappa shape index (κ2) is 4.06. The molecule has 0 spiro atoms. The molecule has 0 saturated carbocycles. The van der Waals surface area contributed by atoms with Gasteiger partial charge in [0.25, 0.3) is 5.91 Å². The largest absolute Gasteiger partial charge is 0.417 e. The van der Waals surface area contributed by atoms with E-state index in [0.29, 0.717) is 17.0 Å². The van der Waals surface area contributed by atoms with E-state index < -0.39 is 5.91 Å². The highest BCUT2D eigenvalue weighted by Crippen LogP contribution is 2.24. The van der Waals surface area contributed by atoms with Gasteiger partial charge < -0.3 is 14.9 Å². The maximum atomic E-state index is 11.1. The van der Waals surface area contributed by atoms with Gasteiger partial charge in [0, 0.05) is 0 Å². The molecule has 5 nitrogen and oxygen atoms in total. The van der Waals surface area contributed by atoms with E-state index in [4.69, 9.17) is 14.9 Å². The van der Waals surface area contributed by atoms with E-state index in [1.807, 2.05) is 0 Å². The zero-order chi connectivity index (χ0) is 11.5. The molecule has 2 rings (SSSR count). The average molecular weight is 218 g/mol. The molecule has 1 amide bonds. The van der Waals surface area contributed by atoms with Gasteiger partial charge in [-0.25, -0.2) is 0 Å². The molecule has 82 valence electrons. The molecule has 0 aliphatic carbocycles.